The van der Waals surface area contributed by atoms with Crippen LogP contribution in [0.15, 0.2) is 12.4 Å². The number of hydrogen-bond donors (Lipinski definition) is 2. The minimum Gasteiger partial charge on any atom is -0.389 e. The molecule has 2 fully saturated rings. The maximum absolute atomic E-state index is 12.2. The lowest BCUT2D eigenvalue weighted by molar-refractivity contribution is -0.123. The summed E-state index contributed by atoms with van der Waals surface area (Å²) in [5.41, 5.74) is 0. The number of aliphatic hydroxyl groups is 1. The van der Waals surface area contributed by atoms with Gasteiger partial charge in [0, 0.05) is 18.8 Å². The highest BCUT2D eigenvalue weighted by Crippen LogP contribution is 2.32. The number of carbonyl (C=O) groups excluding carboxylic acids is 1. The van der Waals surface area contributed by atoms with Gasteiger partial charge in [0.15, 0.2) is 0 Å². The molecule has 22 heavy (non-hydrogen) atoms. The molecule has 0 unspecified atom stereocenters. The minimum atomic E-state index is -0.525. The Morgan fingerprint density at radius 1 is 1.32 bits per heavy atom. The number of nitrogens with one attached hydrogen (secondary N) is 1. The summed E-state index contributed by atoms with van der Waals surface area (Å²) in [5.74, 6) is 1.57. The fraction of sp³-hybridized carbons (Fsp3) is 0.765. The van der Waals surface area contributed by atoms with Crippen LogP contribution in [0.25, 0.3) is 0 Å². The second-order valence-electron chi connectivity index (χ2n) is 6.90. The van der Waals surface area contributed by atoms with Crippen LogP contribution < -0.4 is 5.32 Å². The van der Waals surface area contributed by atoms with Gasteiger partial charge in [-0.15, -0.1) is 0 Å². The van der Waals surface area contributed by atoms with Crippen LogP contribution in [-0.2, 0) is 4.79 Å². The maximum Gasteiger partial charge on any atom is 0.220 e. The van der Waals surface area contributed by atoms with E-state index in [1.807, 2.05) is 17.7 Å². The van der Waals surface area contributed by atoms with Crippen LogP contribution in [-0.4, -0.2) is 32.7 Å². The van der Waals surface area contributed by atoms with E-state index in [-0.39, 0.29) is 18.0 Å². The maximum atomic E-state index is 12.2. The van der Waals surface area contributed by atoms with E-state index in [9.17, 15) is 9.90 Å². The molecule has 0 aromatic carbocycles. The Morgan fingerprint density at radius 2 is 2.09 bits per heavy atom. The predicted molar refractivity (Wildman–Crippen MR) is 84.4 cm³/mol. The average molecular weight is 305 g/mol. The first-order valence-electron chi connectivity index (χ1n) is 8.62. The van der Waals surface area contributed by atoms with Crippen LogP contribution in [0.3, 0.4) is 0 Å². The van der Waals surface area contributed by atoms with Crippen LogP contribution in [0.5, 0.6) is 0 Å². The summed E-state index contributed by atoms with van der Waals surface area (Å²) < 4.78 is 2.03. The van der Waals surface area contributed by atoms with Gasteiger partial charge < -0.3 is 15.0 Å². The molecule has 0 saturated heterocycles. The van der Waals surface area contributed by atoms with Crippen molar-refractivity contribution in [2.75, 3.05) is 0 Å². The number of imidazole rings is 1. The van der Waals surface area contributed by atoms with Crippen molar-refractivity contribution in [3.63, 3.8) is 0 Å². The normalized spacial score (nSPS) is 29.6. The third-order valence-electron chi connectivity index (χ3n) is 5.34. The molecule has 0 bridgehead atoms. The van der Waals surface area contributed by atoms with Gasteiger partial charge in [0.2, 0.25) is 5.91 Å². The molecule has 3 atom stereocenters. The van der Waals surface area contributed by atoms with Crippen molar-refractivity contribution in [2.45, 2.75) is 76.5 Å². The highest BCUT2D eigenvalue weighted by atomic mass is 16.3. The Balaban J connectivity index is 1.53. The highest BCUT2D eigenvalue weighted by molar-refractivity contribution is 5.76. The summed E-state index contributed by atoms with van der Waals surface area (Å²) in [7, 11) is 0. The Bertz CT molecular complexity index is 508. The van der Waals surface area contributed by atoms with E-state index in [1.165, 1.54) is 32.1 Å². The number of nitrogens with zero attached hydrogens (tertiary/aromatic N) is 2. The quantitative estimate of drug-likeness (QED) is 0.897. The van der Waals surface area contributed by atoms with E-state index in [2.05, 4.69) is 10.3 Å². The van der Waals surface area contributed by atoms with E-state index >= 15 is 0 Å². The number of hydrogen-bond acceptors (Lipinski definition) is 3. The molecular formula is C17H27N3O2. The monoisotopic (exact) mass is 305 g/mol. The molecule has 122 valence electrons. The summed E-state index contributed by atoms with van der Waals surface area (Å²) in [5, 5.41) is 13.6. The minimum absolute atomic E-state index is 0.0301. The zero-order valence-corrected chi connectivity index (χ0v) is 13.4. The second-order valence-corrected chi connectivity index (χ2v) is 6.90. The van der Waals surface area contributed by atoms with E-state index < -0.39 is 6.10 Å². The second kappa shape index (κ2) is 6.82. The topological polar surface area (TPSA) is 67.2 Å². The molecule has 5 nitrogen and oxygen atoms in total. The molecule has 2 aliphatic rings. The van der Waals surface area contributed by atoms with Crippen LogP contribution >= 0.6 is 0 Å². The van der Waals surface area contributed by atoms with Gasteiger partial charge in [-0.3, -0.25) is 4.79 Å². The smallest absolute Gasteiger partial charge is 0.220 e. The first-order chi connectivity index (χ1) is 10.6. The first-order valence-corrected chi connectivity index (χ1v) is 8.62. The molecule has 2 aliphatic carbocycles. The molecule has 2 saturated carbocycles. The largest absolute Gasteiger partial charge is 0.389 e. The zero-order valence-electron chi connectivity index (χ0n) is 13.4. The third-order valence-corrected chi connectivity index (χ3v) is 5.34. The van der Waals surface area contributed by atoms with Crippen LogP contribution in [0, 0.1) is 12.8 Å². The predicted octanol–water partition coefficient (Wildman–Crippen LogP) is 2.34. The van der Waals surface area contributed by atoms with Gasteiger partial charge in [-0.05, 0) is 38.5 Å². The Hall–Kier alpha value is -1.36. The van der Waals surface area contributed by atoms with Crippen molar-refractivity contribution in [1.82, 2.24) is 14.9 Å². The Kier molecular flexibility index (Phi) is 4.81. The van der Waals surface area contributed by atoms with Crippen molar-refractivity contribution in [3.05, 3.63) is 18.2 Å². The van der Waals surface area contributed by atoms with Gasteiger partial charge in [0.05, 0.1) is 18.2 Å². The van der Waals surface area contributed by atoms with Crippen LogP contribution in [0.4, 0.5) is 0 Å². The molecule has 1 aromatic heterocycles. The van der Waals surface area contributed by atoms with Crippen molar-refractivity contribution < 1.29 is 9.90 Å². The number of aromatic nitrogens is 2. The number of rotatable bonds is 4. The average Bonchev–Trinajstić information content (AvgIpc) is 3.07. The fourth-order valence-electron chi connectivity index (χ4n) is 4.08. The van der Waals surface area contributed by atoms with Gasteiger partial charge in [0.1, 0.15) is 5.82 Å². The van der Waals surface area contributed by atoms with E-state index in [1.54, 1.807) is 6.20 Å². The first kappa shape index (κ1) is 15.5. The van der Waals surface area contributed by atoms with Crippen molar-refractivity contribution in [2.24, 2.45) is 5.92 Å². The Morgan fingerprint density at radius 3 is 2.77 bits per heavy atom. The number of amides is 1. The van der Waals surface area contributed by atoms with E-state index in [0.717, 1.165) is 18.7 Å². The van der Waals surface area contributed by atoms with Crippen molar-refractivity contribution in [1.29, 1.82) is 0 Å². The lowest BCUT2D eigenvalue weighted by Crippen LogP contribution is -2.42. The number of carbonyl (C=O) groups is 1. The van der Waals surface area contributed by atoms with Crippen LogP contribution in [0.1, 0.15) is 63.2 Å². The zero-order chi connectivity index (χ0) is 15.5. The summed E-state index contributed by atoms with van der Waals surface area (Å²) in [6.45, 7) is 1.95. The molecular weight excluding hydrogens is 278 g/mol. The third kappa shape index (κ3) is 3.35. The Labute approximate surface area is 132 Å². The lowest BCUT2D eigenvalue weighted by atomic mass is 9.87. The van der Waals surface area contributed by atoms with Gasteiger partial charge in [0.25, 0.3) is 0 Å². The summed E-state index contributed by atoms with van der Waals surface area (Å²) >= 11 is 0. The molecule has 5 heteroatoms. The molecule has 0 spiro atoms. The molecule has 1 heterocycles. The molecule has 1 amide bonds. The van der Waals surface area contributed by atoms with E-state index in [0.29, 0.717) is 12.3 Å². The van der Waals surface area contributed by atoms with Crippen molar-refractivity contribution >= 4 is 5.91 Å². The molecule has 0 radical (unpaired) electrons. The van der Waals surface area contributed by atoms with Crippen molar-refractivity contribution in [3.8, 4) is 0 Å². The van der Waals surface area contributed by atoms with E-state index in [4.69, 9.17) is 0 Å². The highest BCUT2D eigenvalue weighted by Gasteiger charge is 2.37. The summed E-state index contributed by atoms with van der Waals surface area (Å²) in [4.78, 5) is 16.5. The lowest BCUT2D eigenvalue weighted by Gasteiger charge is -2.24. The van der Waals surface area contributed by atoms with Gasteiger partial charge in [-0.1, -0.05) is 19.3 Å². The summed E-state index contributed by atoms with van der Waals surface area (Å²) in [6.07, 6.45) is 11.7. The number of aryl methyl sites for hydroxylation is 1. The van der Waals surface area contributed by atoms with Crippen LogP contribution in [0.2, 0.25) is 0 Å². The van der Waals surface area contributed by atoms with Gasteiger partial charge >= 0.3 is 0 Å². The summed E-state index contributed by atoms with van der Waals surface area (Å²) in [6, 6.07) is -0.0922. The number of aliphatic hydroxyl groups excluding tert-OH is 1. The standard InChI is InChI=1S/C17H27N3O2/c1-12-18-9-10-20(12)15-8-7-14(17(15)22)19-16(21)11-13-5-3-2-4-6-13/h9-10,13-15,17,22H,2-8,11H2,1H3,(H,19,21)/t14-,15-,17-/m1/s1. The fourth-order valence-corrected chi connectivity index (χ4v) is 4.08. The molecule has 2 N–H and O–H groups in total. The SMILES string of the molecule is Cc1nccn1[C@@H]1CC[C@@H](NC(=O)CC2CCCCC2)[C@H]1O. The van der Waals surface area contributed by atoms with Gasteiger partial charge in [-0.2, -0.15) is 0 Å². The molecule has 3 rings (SSSR count). The molecule has 0 aliphatic heterocycles. The van der Waals surface area contributed by atoms with Gasteiger partial charge in [-0.25, -0.2) is 4.98 Å². The molecule has 1 aromatic rings.